The molecule has 1 aliphatic rings. The van der Waals surface area contributed by atoms with Crippen molar-refractivity contribution in [2.45, 2.75) is 20.0 Å². The van der Waals surface area contributed by atoms with E-state index in [9.17, 15) is 13.2 Å². The van der Waals surface area contributed by atoms with Crippen LogP contribution in [0.15, 0.2) is 29.7 Å². The Morgan fingerprint density at radius 3 is 2.71 bits per heavy atom. The maximum absolute atomic E-state index is 12.0. The van der Waals surface area contributed by atoms with Crippen LogP contribution in [0.25, 0.3) is 6.08 Å². The molecule has 0 radical (unpaired) electrons. The van der Waals surface area contributed by atoms with Gasteiger partial charge in [-0.15, -0.1) is 0 Å². The molecule has 1 heterocycles. The molecule has 0 aliphatic carbocycles. The lowest BCUT2D eigenvalue weighted by molar-refractivity contribution is 0.0545. The Morgan fingerprint density at radius 2 is 2.04 bits per heavy atom. The molecule has 7 nitrogen and oxygen atoms in total. The number of sulfonamides is 1. The molecule has 1 aliphatic heterocycles. The minimum atomic E-state index is -3.87. The van der Waals surface area contributed by atoms with E-state index >= 15 is 0 Å². The summed E-state index contributed by atoms with van der Waals surface area (Å²) in [5, 5.41) is 0.972. The van der Waals surface area contributed by atoms with Gasteiger partial charge < -0.3 is 14.4 Å². The number of benzene rings is 1. The zero-order chi connectivity index (χ0) is 17.6. The molecule has 132 valence electrons. The van der Waals surface area contributed by atoms with Gasteiger partial charge in [0, 0.05) is 13.1 Å². The van der Waals surface area contributed by atoms with Crippen molar-refractivity contribution in [3.63, 3.8) is 0 Å². The minimum Gasteiger partial charge on any atom is -0.491 e. The molecule has 1 saturated heterocycles. The van der Waals surface area contributed by atoms with E-state index in [2.05, 4.69) is 0 Å². The van der Waals surface area contributed by atoms with Crippen molar-refractivity contribution in [3.8, 4) is 5.75 Å². The lowest BCUT2D eigenvalue weighted by Gasteiger charge is -2.26. The number of morpholine rings is 1. The standard InChI is InChI=1S/C16H22N2O5S/c1-13(2)23-15-5-3-4-14(12-15)6-11-24(20,21)17-16(19)18-7-9-22-10-8-18/h3-6,11-13H,7-10H2,1-2H3,(H,17,19)/b11-6+. The first kappa shape index (κ1) is 18.3. The SMILES string of the molecule is CC(C)Oc1cccc(/C=C/S(=O)(=O)NC(=O)N2CCOCC2)c1. The molecule has 24 heavy (non-hydrogen) atoms. The maximum Gasteiger partial charge on any atom is 0.331 e. The zero-order valence-electron chi connectivity index (χ0n) is 13.8. The topological polar surface area (TPSA) is 84.9 Å². The summed E-state index contributed by atoms with van der Waals surface area (Å²) in [5.41, 5.74) is 0.664. The van der Waals surface area contributed by atoms with Crippen molar-refractivity contribution in [1.29, 1.82) is 0 Å². The van der Waals surface area contributed by atoms with Crippen LogP contribution in [-0.2, 0) is 14.8 Å². The van der Waals surface area contributed by atoms with E-state index in [4.69, 9.17) is 9.47 Å². The Bertz CT molecular complexity index is 694. The number of ether oxygens (including phenoxy) is 2. The number of rotatable bonds is 5. The predicted molar refractivity (Wildman–Crippen MR) is 91.1 cm³/mol. The molecular formula is C16H22N2O5S. The number of carbonyl (C=O) groups is 1. The predicted octanol–water partition coefficient (Wildman–Crippen LogP) is 1.82. The van der Waals surface area contributed by atoms with E-state index in [1.54, 1.807) is 24.3 Å². The Morgan fingerprint density at radius 1 is 1.33 bits per heavy atom. The monoisotopic (exact) mass is 354 g/mol. The summed E-state index contributed by atoms with van der Waals surface area (Å²) in [7, 11) is -3.87. The van der Waals surface area contributed by atoms with Gasteiger partial charge in [-0.25, -0.2) is 17.9 Å². The molecule has 0 unspecified atom stereocenters. The van der Waals surface area contributed by atoms with Crippen molar-refractivity contribution in [1.82, 2.24) is 9.62 Å². The van der Waals surface area contributed by atoms with Gasteiger partial charge in [0.05, 0.1) is 24.7 Å². The van der Waals surface area contributed by atoms with Crippen molar-refractivity contribution < 1.29 is 22.7 Å². The van der Waals surface area contributed by atoms with Crippen molar-refractivity contribution >= 4 is 22.1 Å². The highest BCUT2D eigenvalue weighted by atomic mass is 32.2. The van der Waals surface area contributed by atoms with Crippen LogP contribution in [0.5, 0.6) is 5.75 Å². The van der Waals surface area contributed by atoms with Crippen LogP contribution in [0.2, 0.25) is 0 Å². The van der Waals surface area contributed by atoms with Gasteiger partial charge >= 0.3 is 6.03 Å². The fourth-order valence-corrected chi connectivity index (χ4v) is 2.90. The Kier molecular flexibility index (Phi) is 6.22. The maximum atomic E-state index is 12.0. The Labute approximate surface area is 142 Å². The normalized spacial score (nSPS) is 15.7. The summed E-state index contributed by atoms with van der Waals surface area (Å²) in [6, 6.07) is 6.42. The quantitative estimate of drug-likeness (QED) is 0.872. The third-order valence-corrected chi connectivity index (χ3v) is 4.15. The lowest BCUT2D eigenvalue weighted by atomic mass is 10.2. The van der Waals surface area contributed by atoms with Crippen LogP contribution < -0.4 is 9.46 Å². The average molecular weight is 354 g/mol. The lowest BCUT2D eigenvalue weighted by Crippen LogP contribution is -2.47. The molecule has 1 aromatic rings. The molecule has 0 saturated carbocycles. The third-order valence-electron chi connectivity index (χ3n) is 3.20. The first-order valence-corrected chi connectivity index (χ1v) is 9.24. The number of nitrogens with one attached hydrogen (secondary N) is 1. The summed E-state index contributed by atoms with van der Waals surface area (Å²) in [5.74, 6) is 0.655. The van der Waals surface area contributed by atoms with Gasteiger partial charge in [0.25, 0.3) is 10.0 Å². The number of urea groups is 1. The Hall–Kier alpha value is -2.06. The van der Waals surface area contributed by atoms with E-state index in [0.717, 1.165) is 5.41 Å². The molecule has 1 N–H and O–H groups in total. The molecule has 2 amide bonds. The molecule has 1 fully saturated rings. The van der Waals surface area contributed by atoms with E-state index in [1.807, 2.05) is 18.6 Å². The van der Waals surface area contributed by atoms with Crippen molar-refractivity contribution in [3.05, 3.63) is 35.2 Å². The van der Waals surface area contributed by atoms with Crippen LogP contribution >= 0.6 is 0 Å². The van der Waals surface area contributed by atoms with Crippen LogP contribution in [-0.4, -0.2) is 51.8 Å². The van der Waals surface area contributed by atoms with Gasteiger partial charge in [0.2, 0.25) is 0 Å². The summed E-state index contributed by atoms with van der Waals surface area (Å²) in [4.78, 5) is 13.3. The van der Waals surface area contributed by atoms with Crippen LogP contribution in [0, 0.1) is 0 Å². The first-order valence-electron chi connectivity index (χ1n) is 7.70. The molecule has 0 bridgehead atoms. The van der Waals surface area contributed by atoms with Gasteiger partial charge in [0.15, 0.2) is 0 Å². The second-order valence-corrected chi connectivity index (χ2v) is 7.16. The fraction of sp³-hybridized carbons (Fsp3) is 0.438. The summed E-state index contributed by atoms with van der Waals surface area (Å²) < 4.78 is 36.7. The summed E-state index contributed by atoms with van der Waals surface area (Å²) >= 11 is 0. The average Bonchev–Trinajstić information content (AvgIpc) is 2.53. The molecule has 0 aromatic heterocycles. The number of amides is 2. The largest absolute Gasteiger partial charge is 0.491 e. The van der Waals surface area contributed by atoms with Crippen molar-refractivity contribution in [2.24, 2.45) is 0 Å². The van der Waals surface area contributed by atoms with Crippen LogP contribution in [0.3, 0.4) is 0 Å². The van der Waals surface area contributed by atoms with Gasteiger partial charge in [-0.2, -0.15) is 0 Å². The van der Waals surface area contributed by atoms with E-state index in [-0.39, 0.29) is 6.10 Å². The number of hydrogen-bond donors (Lipinski definition) is 1. The highest BCUT2D eigenvalue weighted by Crippen LogP contribution is 2.16. The summed E-state index contributed by atoms with van der Waals surface area (Å²) in [6.45, 7) is 5.39. The highest BCUT2D eigenvalue weighted by molar-refractivity contribution is 7.93. The van der Waals surface area contributed by atoms with Crippen LogP contribution in [0.1, 0.15) is 19.4 Å². The molecule has 2 rings (SSSR count). The number of hydrogen-bond acceptors (Lipinski definition) is 5. The fourth-order valence-electron chi connectivity index (χ4n) is 2.12. The van der Waals surface area contributed by atoms with Gasteiger partial charge in [-0.1, -0.05) is 12.1 Å². The first-order chi connectivity index (χ1) is 11.4. The second kappa shape index (κ2) is 8.16. The minimum absolute atomic E-state index is 0.0285. The Balaban J connectivity index is 2.00. The third kappa shape index (κ3) is 5.86. The summed E-state index contributed by atoms with van der Waals surface area (Å²) in [6.07, 6.45) is 1.45. The van der Waals surface area contributed by atoms with E-state index < -0.39 is 16.1 Å². The molecule has 0 atom stereocenters. The van der Waals surface area contributed by atoms with E-state index in [0.29, 0.717) is 37.6 Å². The van der Waals surface area contributed by atoms with Gasteiger partial charge in [0.1, 0.15) is 5.75 Å². The molecule has 8 heteroatoms. The molecular weight excluding hydrogens is 332 g/mol. The smallest absolute Gasteiger partial charge is 0.331 e. The van der Waals surface area contributed by atoms with E-state index in [1.165, 1.54) is 11.0 Å². The highest BCUT2D eigenvalue weighted by Gasteiger charge is 2.20. The number of carbonyl (C=O) groups excluding carboxylic acids is 1. The van der Waals surface area contributed by atoms with Crippen LogP contribution in [0.4, 0.5) is 4.79 Å². The van der Waals surface area contributed by atoms with Gasteiger partial charge in [-0.3, -0.25) is 0 Å². The van der Waals surface area contributed by atoms with Crippen molar-refractivity contribution in [2.75, 3.05) is 26.3 Å². The molecule has 1 aromatic carbocycles. The number of nitrogens with zero attached hydrogens (tertiary/aromatic N) is 1. The van der Waals surface area contributed by atoms with Gasteiger partial charge in [-0.05, 0) is 37.6 Å². The molecule has 0 spiro atoms. The second-order valence-electron chi connectivity index (χ2n) is 5.59. The zero-order valence-corrected chi connectivity index (χ0v) is 14.6.